The molecule has 11 heteroatoms. The van der Waals surface area contributed by atoms with Gasteiger partial charge in [-0.15, -0.1) is 0 Å². The van der Waals surface area contributed by atoms with E-state index in [-0.39, 0.29) is 37.1 Å². The average molecular weight is 616 g/mol. The van der Waals surface area contributed by atoms with Gasteiger partial charge in [0, 0.05) is 31.0 Å². The van der Waals surface area contributed by atoms with E-state index in [0.29, 0.717) is 29.7 Å². The molecule has 1 aliphatic heterocycles. The first-order valence-electron chi connectivity index (χ1n) is 14.6. The Balaban J connectivity index is 1.37. The number of nitrogens with zero attached hydrogens (tertiary/aromatic N) is 2. The maximum Gasteiger partial charge on any atom is 0.261 e. The number of amides is 5. The Kier molecular flexibility index (Phi) is 11.3. The van der Waals surface area contributed by atoms with Crippen molar-refractivity contribution >= 4 is 47.9 Å². The number of imide groups is 1. The van der Waals surface area contributed by atoms with Gasteiger partial charge in [-0.1, -0.05) is 56.3 Å². The van der Waals surface area contributed by atoms with Crippen LogP contribution >= 0.6 is 12.6 Å². The Morgan fingerprint density at radius 1 is 0.795 bits per heavy atom. The average Bonchev–Trinajstić information content (AvgIpc) is 3.26. The predicted octanol–water partition coefficient (Wildman–Crippen LogP) is 3.65. The van der Waals surface area contributed by atoms with Crippen LogP contribution in [0.1, 0.15) is 59.4 Å². The van der Waals surface area contributed by atoms with Gasteiger partial charge in [0.1, 0.15) is 12.1 Å². The van der Waals surface area contributed by atoms with Crippen LogP contribution in [0, 0.1) is 5.92 Å². The van der Waals surface area contributed by atoms with Gasteiger partial charge in [0.15, 0.2) is 0 Å². The molecular formula is C33H37N5O5S. The molecule has 0 fully saturated rings. The molecule has 44 heavy (non-hydrogen) atoms. The Morgan fingerprint density at radius 3 is 2.00 bits per heavy atom. The highest BCUT2D eigenvalue weighted by atomic mass is 32.1. The van der Waals surface area contributed by atoms with Crippen LogP contribution < -0.4 is 16.0 Å². The molecule has 0 saturated heterocycles. The lowest BCUT2D eigenvalue weighted by Crippen LogP contribution is -2.54. The number of thiol groups is 1. The van der Waals surface area contributed by atoms with Crippen molar-refractivity contribution in [1.29, 1.82) is 0 Å². The van der Waals surface area contributed by atoms with Gasteiger partial charge in [-0.3, -0.25) is 33.9 Å². The van der Waals surface area contributed by atoms with Crippen molar-refractivity contribution < 1.29 is 24.0 Å². The predicted molar refractivity (Wildman–Crippen MR) is 170 cm³/mol. The zero-order valence-corrected chi connectivity index (χ0v) is 25.6. The minimum Gasteiger partial charge on any atom is -0.343 e. The summed E-state index contributed by atoms with van der Waals surface area (Å²) < 4.78 is 0. The van der Waals surface area contributed by atoms with Gasteiger partial charge < -0.3 is 16.0 Å². The molecule has 0 aliphatic carbocycles. The molecule has 4 rings (SSSR count). The molecule has 0 bridgehead atoms. The third-order valence-corrected chi connectivity index (χ3v) is 7.74. The highest BCUT2D eigenvalue weighted by Gasteiger charge is 2.35. The van der Waals surface area contributed by atoms with Gasteiger partial charge in [-0.05, 0) is 55.0 Å². The van der Waals surface area contributed by atoms with Crippen molar-refractivity contribution in [2.75, 3.05) is 11.9 Å². The number of aromatic nitrogens is 1. The van der Waals surface area contributed by atoms with Gasteiger partial charge >= 0.3 is 0 Å². The van der Waals surface area contributed by atoms with Crippen LogP contribution in [-0.2, 0) is 20.8 Å². The normalized spacial score (nSPS) is 14.5. The molecule has 5 amide bonds. The molecule has 3 aromatic rings. The molecule has 0 spiro atoms. The van der Waals surface area contributed by atoms with Crippen molar-refractivity contribution in [3.63, 3.8) is 0 Å². The minimum atomic E-state index is -0.906. The molecule has 1 aliphatic rings. The number of carbonyl (C=O) groups is 5. The summed E-state index contributed by atoms with van der Waals surface area (Å²) in [5, 5.41) is 7.69. The zero-order valence-electron chi connectivity index (χ0n) is 24.7. The summed E-state index contributed by atoms with van der Waals surface area (Å²) in [7, 11) is 0. The van der Waals surface area contributed by atoms with Gasteiger partial charge in [-0.25, -0.2) is 0 Å². The van der Waals surface area contributed by atoms with Gasteiger partial charge in [0.05, 0.1) is 16.4 Å². The summed E-state index contributed by atoms with van der Waals surface area (Å²) in [5.41, 5.74) is 2.16. The van der Waals surface area contributed by atoms with Crippen molar-refractivity contribution in [2.24, 2.45) is 5.92 Å². The summed E-state index contributed by atoms with van der Waals surface area (Å²) >= 11 is 4.45. The van der Waals surface area contributed by atoms with E-state index in [1.165, 1.54) is 4.90 Å². The van der Waals surface area contributed by atoms with Gasteiger partial charge in [0.25, 0.3) is 11.8 Å². The summed E-state index contributed by atoms with van der Waals surface area (Å²) in [6.07, 6.45) is 4.35. The second-order valence-electron chi connectivity index (χ2n) is 11.1. The fourth-order valence-corrected chi connectivity index (χ4v) is 5.24. The third kappa shape index (κ3) is 8.53. The van der Waals surface area contributed by atoms with Crippen molar-refractivity contribution in [1.82, 2.24) is 20.5 Å². The summed E-state index contributed by atoms with van der Waals surface area (Å²) in [4.78, 5) is 70.3. The maximum absolute atomic E-state index is 13.5. The van der Waals surface area contributed by atoms with E-state index in [1.54, 1.807) is 48.8 Å². The van der Waals surface area contributed by atoms with Crippen LogP contribution in [0.25, 0.3) is 0 Å². The molecule has 230 valence electrons. The first-order valence-corrected chi connectivity index (χ1v) is 15.1. The maximum atomic E-state index is 13.5. The number of hydrogen-bond donors (Lipinski definition) is 4. The van der Waals surface area contributed by atoms with Crippen molar-refractivity contribution in [2.45, 2.75) is 56.9 Å². The van der Waals surface area contributed by atoms with Gasteiger partial charge in [-0.2, -0.15) is 12.6 Å². The molecule has 0 unspecified atom stereocenters. The molecule has 0 radical (unpaired) electrons. The number of hydrogen-bond acceptors (Lipinski definition) is 7. The quantitative estimate of drug-likeness (QED) is 0.161. The number of anilines is 1. The number of carbonyl (C=O) groups excluding carboxylic acids is 5. The fourth-order valence-electron chi connectivity index (χ4n) is 4.98. The molecule has 10 nitrogen and oxygen atoms in total. The van der Waals surface area contributed by atoms with E-state index in [9.17, 15) is 24.0 Å². The number of benzene rings is 2. The molecular weight excluding hydrogens is 578 g/mol. The zero-order chi connectivity index (χ0) is 31.6. The largest absolute Gasteiger partial charge is 0.343 e. The fraction of sp³-hybridized carbons (Fsp3) is 0.333. The molecule has 2 aromatic carbocycles. The number of nitrogens with one attached hydrogen (secondary N) is 3. The van der Waals surface area contributed by atoms with Crippen LogP contribution in [0.5, 0.6) is 0 Å². The SMILES string of the molecule is CC(C)C[C@H](NC(=O)[C@@H](S)CCCN1C(=O)c2ccccc2C1=O)C(=O)N[C@@H](Cc1ccccc1)C(=O)Nc1ccncc1. The van der Waals surface area contributed by atoms with Crippen molar-refractivity contribution in [3.05, 3.63) is 95.8 Å². The summed E-state index contributed by atoms with van der Waals surface area (Å²) in [6, 6.07) is 17.5. The smallest absolute Gasteiger partial charge is 0.261 e. The Bertz CT molecular complexity index is 1450. The highest BCUT2D eigenvalue weighted by Crippen LogP contribution is 2.23. The van der Waals surface area contributed by atoms with E-state index in [0.717, 1.165) is 5.56 Å². The van der Waals surface area contributed by atoms with E-state index in [2.05, 4.69) is 33.6 Å². The Labute approximate surface area is 262 Å². The summed E-state index contributed by atoms with van der Waals surface area (Å²) in [5.74, 6) is -1.96. The lowest BCUT2D eigenvalue weighted by molar-refractivity contribution is -0.131. The first kappa shape index (κ1) is 32.4. The lowest BCUT2D eigenvalue weighted by Gasteiger charge is -2.25. The van der Waals surface area contributed by atoms with Crippen LogP contribution in [0.3, 0.4) is 0 Å². The highest BCUT2D eigenvalue weighted by molar-refractivity contribution is 7.81. The Hall–Kier alpha value is -4.51. The minimum absolute atomic E-state index is 0.0662. The van der Waals surface area contributed by atoms with Crippen LogP contribution in [0.2, 0.25) is 0 Å². The summed E-state index contributed by atoms with van der Waals surface area (Å²) in [6.45, 7) is 4.02. The monoisotopic (exact) mass is 615 g/mol. The number of rotatable bonds is 14. The number of pyridine rings is 1. The topological polar surface area (TPSA) is 138 Å². The molecule has 0 saturated carbocycles. The van der Waals surface area contributed by atoms with Crippen LogP contribution in [0.4, 0.5) is 5.69 Å². The number of fused-ring (bicyclic) bond motifs is 1. The van der Waals surface area contributed by atoms with E-state index in [1.807, 2.05) is 44.2 Å². The molecule has 2 heterocycles. The third-order valence-electron chi connectivity index (χ3n) is 7.24. The van der Waals surface area contributed by atoms with E-state index >= 15 is 0 Å². The second kappa shape index (κ2) is 15.3. The molecule has 3 N–H and O–H groups in total. The van der Waals surface area contributed by atoms with Gasteiger partial charge in [0.2, 0.25) is 17.7 Å². The molecule has 1 aromatic heterocycles. The van der Waals surface area contributed by atoms with E-state index in [4.69, 9.17) is 0 Å². The van der Waals surface area contributed by atoms with Crippen molar-refractivity contribution in [3.8, 4) is 0 Å². The Morgan fingerprint density at radius 2 is 1.39 bits per heavy atom. The van der Waals surface area contributed by atoms with E-state index < -0.39 is 35.1 Å². The molecule has 3 atom stereocenters. The van der Waals surface area contributed by atoms with Crippen LogP contribution in [-0.4, -0.2) is 63.3 Å². The standard InChI is InChI=1S/C33H37N5O5S/c1-21(2)19-26(37-31(41)28(44)13-8-18-38-32(42)24-11-6-7-12-25(24)33(38)43)30(40)36-27(20-22-9-4-3-5-10-22)29(39)35-23-14-16-34-17-15-23/h3-7,9-12,14-17,21,26-28,44H,8,13,18-20H2,1-2H3,(H,36,40)(H,37,41)(H,34,35,39)/t26-,27-,28-/m0/s1. The van der Waals surface area contributed by atoms with Crippen LogP contribution in [0.15, 0.2) is 79.1 Å². The lowest BCUT2D eigenvalue weighted by atomic mass is 10.0. The first-order chi connectivity index (χ1) is 21.1. The second-order valence-corrected chi connectivity index (χ2v) is 11.8.